The SMILES string of the molecule is CC(C)=Cc1nc(C2CCCN2)no1. The molecule has 2 rings (SSSR count). The predicted molar refractivity (Wildman–Crippen MR) is 53.6 cm³/mol. The van der Waals surface area contributed by atoms with Crippen LogP contribution in [0, 0.1) is 0 Å². The highest BCUT2D eigenvalue weighted by Gasteiger charge is 2.20. The zero-order valence-electron chi connectivity index (χ0n) is 8.58. The van der Waals surface area contributed by atoms with E-state index in [2.05, 4.69) is 15.5 Å². The Balaban J connectivity index is 2.13. The highest BCUT2D eigenvalue weighted by molar-refractivity contribution is 5.41. The topological polar surface area (TPSA) is 51.0 Å². The van der Waals surface area contributed by atoms with Gasteiger partial charge in [0, 0.05) is 6.08 Å². The van der Waals surface area contributed by atoms with Gasteiger partial charge in [0.05, 0.1) is 6.04 Å². The molecule has 1 saturated heterocycles. The first-order chi connectivity index (χ1) is 6.75. The molecule has 0 aliphatic carbocycles. The normalized spacial score (nSPS) is 21.1. The van der Waals surface area contributed by atoms with Crippen LogP contribution in [-0.4, -0.2) is 16.7 Å². The summed E-state index contributed by atoms with van der Waals surface area (Å²) in [6.07, 6.45) is 4.19. The van der Waals surface area contributed by atoms with Gasteiger partial charge in [0.2, 0.25) is 0 Å². The molecule has 2 heterocycles. The summed E-state index contributed by atoms with van der Waals surface area (Å²) in [6.45, 7) is 5.08. The van der Waals surface area contributed by atoms with Gasteiger partial charge in [-0.1, -0.05) is 10.7 Å². The number of aromatic nitrogens is 2. The maximum Gasteiger partial charge on any atom is 0.250 e. The first-order valence-corrected chi connectivity index (χ1v) is 4.97. The second kappa shape index (κ2) is 3.92. The van der Waals surface area contributed by atoms with E-state index in [1.54, 1.807) is 0 Å². The quantitative estimate of drug-likeness (QED) is 0.779. The van der Waals surface area contributed by atoms with Crippen molar-refractivity contribution in [3.63, 3.8) is 0 Å². The molecule has 76 valence electrons. The molecule has 0 spiro atoms. The first kappa shape index (κ1) is 9.40. The number of nitrogens with zero attached hydrogens (tertiary/aromatic N) is 2. The van der Waals surface area contributed by atoms with Crippen molar-refractivity contribution in [2.75, 3.05) is 6.54 Å². The van der Waals surface area contributed by atoms with Crippen LogP contribution in [0.5, 0.6) is 0 Å². The Bertz CT molecular complexity index is 333. The second-order valence-electron chi connectivity index (χ2n) is 3.86. The Kier molecular flexibility index (Phi) is 2.63. The molecule has 1 aromatic rings. The van der Waals surface area contributed by atoms with E-state index in [0.717, 1.165) is 18.8 Å². The zero-order valence-corrected chi connectivity index (χ0v) is 8.58. The molecule has 0 amide bonds. The molecule has 1 atom stereocenters. The molecule has 1 aliphatic rings. The Labute approximate surface area is 83.4 Å². The molecule has 0 aromatic carbocycles. The van der Waals surface area contributed by atoms with Crippen molar-refractivity contribution in [3.05, 3.63) is 17.3 Å². The number of allylic oxidation sites excluding steroid dienone is 1. The molecule has 1 unspecified atom stereocenters. The van der Waals surface area contributed by atoms with Gasteiger partial charge >= 0.3 is 0 Å². The van der Waals surface area contributed by atoms with Crippen LogP contribution >= 0.6 is 0 Å². The summed E-state index contributed by atoms with van der Waals surface area (Å²) in [4.78, 5) is 4.32. The lowest BCUT2D eigenvalue weighted by atomic mass is 10.2. The van der Waals surface area contributed by atoms with Crippen LogP contribution in [-0.2, 0) is 0 Å². The zero-order chi connectivity index (χ0) is 9.97. The van der Waals surface area contributed by atoms with Crippen molar-refractivity contribution in [3.8, 4) is 0 Å². The minimum atomic E-state index is 0.290. The summed E-state index contributed by atoms with van der Waals surface area (Å²) in [5.74, 6) is 1.39. The van der Waals surface area contributed by atoms with Gasteiger partial charge in [-0.2, -0.15) is 4.98 Å². The van der Waals surface area contributed by atoms with Gasteiger partial charge in [-0.15, -0.1) is 0 Å². The maximum atomic E-state index is 5.11. The van der Waals surface area contributed by atoms with E-state index < -0.39 is 0 Å². The highest BCUT2D eigenvalue weighted by Crippen LogP contribution is 2.20. The molecule has 4 heteroatoms. The van der Waals surface area contributed by atoms with E-state index in [4.69, 9.17) is 4.52 Å². The summed E-state index contributed by atoms with van der Waals surface area (Å²) in [5, 5.41) is 7.29. The molecule has 1 aromatic heterocycles. The average molecular weight is 193 g/mol. The van der Waals surface area contributed by atoms with Gasteiger partial charge in [0.15, 0.2) is 5.82 Å². The molecular formula is C10H15N3O. The molecule has 0 saturated carbocycles. The third-order valence-electron chi connectivity index (χ3n) is 2.24. The van der Waals surface area contributed by atoms with Crippen LogP contribution in [0.2, 0.25) is 0 Å². The molecule has 0 radical (unpaired) electrons. The fraction of sp³-hybridized carbons (Fsp3) is 0.600. The average Bonchev–Trinajstić information content (AvgIpc) is 2.69. The molecule has 0 bridgehead atoms. The molecule has 4 nitrogen and oxygen atoms in total. The molecule has 1 N–H and O–H groups in total. The van der Waals surface area contributed by atoms with Gasteiger partial charge in [0.1, 0.15) is 0 Å². The third kappa shape index (κ3) is 2.01. The van der Waals surface area contributed by atoms with E-state index >= 15 is 0 Å². The van der Waals surface area contributed by atoms with E-state index in [-0.39, 0.29) is 6.04 Å². The minimum absolute atomic E-state index is 0.290. The van der Waals surface area contributed by atoms with Gasteiger partial charge in [0.25, 0.3) is 5.89 Å². The molecule has 1 fully saturated rings. The van der Waals surface area contributed by atoms with Crippen LogP contribution in [0.1, 0.15) is 44.4 Å². The van der Waals surface area contributed by atoms with Crippen LogP contribution in [0.15, 0.2) is 10.1 Å². The van der Waals surface area contributed by atoms with Crippen molar-refractivity contribution in [2.24, 2.45) is 0 Å². The lowest BCUT2D eigenvalue weighted by Gasteiger charge is -2.01. The molecule has 14 heavy (non-hydrogen) atoms. The van der Waals surface area contributed by atoms with E-state index in [1.807, 2.05) is 19.9 Å². The number of nitrogens with one attached hydrogen (secondary N) is 1. The fourth-order valence-electron chi connectivity index (χ4n) is 1.60. The summed E-state index contributed by atoms with van der Waals surface area (Å²) in [7, 11) is 0. The fourth-order valence-corrected chi connectivity index (χ4v) is 1.60. The first-order valence-electron chi connectivity index (χ1n) is 4.97. The van der Waals surface area contributed by atoms with Crippen LogP contribution < -0.4 is 5.32 Å². The maximum absolute atomic E-state index is 5.11. The van der Waals surface area contributed by atoms with E-state index in [0.29, 0.717) is 5.89 Å². The Hall–Kier alpha value is -1.16. The van der Waals surface area contributed by atoms with Crippen molar-refractivity contribution >= 4 is 6.08 Å². The van der Waals surface area contributed by atoms with Gasteiger partial charge in [-0.3, -0.25) is 0 Å². The largest absolute Gasteiger partial charge is 0.335 e. The predicted octanol–water partition coefficient (Wildman–Crippen LogP) is 1.92. The van der Waals surface area contributed by atoms with Crippen LogP contribution in [0.3, 0.4) is 0 Å². The van der Waals surface area contributed by atoms with Gasteiger partial charge in [-0.05, 0) is 33.2 Å². The monoisotopic (exact) mass is 193 g/mol. The number of rotatable bonds is 2. The Morgan fingerprint density at radius 2 is 2.43 bits per heavy atom. The van der Waals surface area contributed by atoms with Crippen LogP contribution in [0.4, 0.5) is 0 Å². The highest BCUT2D eigenvalue weighted by atomic mass is 16.5. The smallest absolute Gasteiger partial charge is 0.250 e. The third-order valence-corrected chi connectivity index (χ3v) is 2.24. The lowest BCUT2D eigenvalue weighted by Crippen LogP contribution is -2.14. The Morgan fingerprint density at radius 3 is 3.07 bits per heavy atom. The van der Waals surface area contributed by atoms with Crippen molar-refractivity contribution in [1.82, 2.24) is 15.5 Å². The van der Waals surface area contributed by atoms with Gasteiger partial charge in [-0.25, -0.2) is 0 Å². The van der Waals surface area contributed by atoms with E-state index in [9.17, 15) is 0 Å². The van der Waals surface area contributed by atoms with Crippen molar-refractivity contribution in [1.29, 1.82) is 0 Å². The Morgan fingerprint density at radius 1 is 1.57 bits per heavy atom. The summed E-state index contributed by atoms with van der Waals surface area (Å²) >= 11 is 0. The summed E-state index contributed by atoms with van der Waals surface area (Å²) < 4.78 is 5.11. The number of hydrogen-bond acceptors (Lipinski definition) is 4. The van der Waals surface area contributed by atoms with Crippen LogP contribution in [0.25, 0.3) is 6.08 Å². The van der Waals surface area contributed by atoms with Crippen molar-refractivity contribution < 1.29 is 4.52 Å². The summed E-state index contributed by atoms with van der Waals surface area (Å²) in [6, 6.07) is 0.290. The standard InChI is InChI=1S/C10H15N3O/c1-7(2)6-9-12-10(13-14-9)8-4-3-5-11-8/h6,8,11H,3-5H2,1-2H3. The number of hydrogen-bond donors (Lipinski definition) is 1. The second-order valence-corrected chi connectivity index (χ2v) is 3.86. The lowest BCUT2D eigenvalue weighted by molar-refractivity contribution is 0.394. The van der Waals surface area contributed by atoms with Gasteiger partial charge < -0.3 is 9.84 Å². The minimum Gasteiger partial charge on any atom is -0.335 e. The van der Waals surface area contributed by atoms with Crippen molar-refractivity contribution in [2.45, 2.75) is 32.7 Å². The molecular weight excluding hydrogens is 178 g/mol. The summed E-state index contributed by atoms with van der Waals surface area (Å²) in [5.41, 5.74) is 1.17. The molecule has 1 aliphatic heterocycles. The van der Waals surface area contributed by atoms with E-state index in [1.165, 1.54) is 12.0 Å².